The molecular formula is C24H25NO5. The summed E-state index contributed by atoms with van der Waals surface area (Å²) in [6.45, 7) is 4.91. The number of aryl methyl sites for hydroxylation is 2. The SMILES string of the molecule is COCCCN1C(=O)c2oc3cc(C)c(C)cc3c(=O)c2C1c1ccc(OC)cc1. The van der Waals surface area contributed by atoms with E-state index in [1.54, 1.807) is 19.1 Å². The Labute approximate surface area is 175 Å². The van der Waals surface area contributed by atoms with Crippen LogP contribution in [-0.4, -0.2) is 38.2 Å². The van der Waals surface area contributed by atoms with Gasteiger partial charge in [-0.3, -0.25) is 9.59 Å². The number of fused-ring (bicyclic) bond motifs is 2. The lowest BCUT2D eigenvalue weighted by Gasteiger charge is -2.25. The van der Waals surface area contributed by atoms with Gasteiger partial charge in [-0.05, 0) is 61.2 Å². The largest absolute Gasteiger partial charge is 0.497 e. The van der Waals surface area contributed by atoms with E-state index in [1.807, 2.05) is 50.2 Å². The van der Waals surface area contributed by atoms with E-state index in [0.29, 0.717) is 41.9 Å². The first kappa shape index (κ1) is 20.2. The molecule has 1 amide bonds. The third kappa shape index (κ3) is 3.27. The Balaban J connectivity index is 1.91. The number of nitrogens with zero attached hydrogens (tertiary/aromatic N) is 1. The molecule has 30 heavy (non-hydrogen) atoms. The summed E-state index contributed by atoms with van der Waals surface area (Å²) in [5, 5.41) is 0.502. The molecule has 4 rings (SSSR count). The maximum atomic E-state index is 13.5. The summed E-state index contributed by atoms with van der Waals surface area (Å²) in [6.07, 6.45) is 0.662. The first-order valence-corrected chi connectivity index (χ1v) is 9.98. The van der Waals surface area contributed by atoms with Gasteiger partial charge in [-0.2, -0.15) is 0 Å². The smallest absolute Gasteiger partial charge is 0.290 e. The summed E-state index contributed by atoms with van der Waals surface area (Å²) < 4.78 is 16.4. The molecule has 156 valence electrons. The molecule has 1 aliphatic rings. The Bertz CT molecular complexity index is 1160. The first-order chi connectivity index (χ1) is 14.5. The predicted octanol–water partition coefficient (Wildman–Crippen LogP) is 4.00. The zero-order valence-corrected chi connectivity index (χ0v) is 17.7. The highest BCUT2D eigenvalue weighted by atomic mass is 16.5. The van der Waals surface area contributed by atoms with Crippen LogP contribution in [0.3, 0.4) is 0 Å². The molecule has 6 nitrogen and oxygen atoms in total. The standard InChI is InChI=1S/C24H25NO5/c1-14-12-18-19(13-15(14)2)30-23-20(22(18)26)21(16-6-8-17(29-4)9-7-16)25(24(23)27)10-5-11-28-3/h6-9,12-13,21H,5,10-11H2,1-4H3. The van der Waals surface area contributed by atoms with Gasteiger partial charge in [0, 0.05) is 20.3 Å². The van der Waals surface area contributed by atoms with Crippen LogP contribution in [0.5, 0.6) is 5.75 Å². The van der Waals surface area contributed by atoms with Gasteiger partial charge in [0.25, 0.3) is 5.91 Å². The topological polar surface area (TPSA) is 69.0 Å². The van der Waals surface area contributed by atoms with Crippen molar-refractivity contribution in [3.63, 3.8) is 0 Å². The summed E-state index contributed by atoms with van der Waals surface area (Å²) in [6, 6.07) is 10.6. The highest BCUT2D eigenvalue weighted by molar-refractivity contribution is 5.99. The van der Waals surface area contributed by atoms with Crippen molar-refractivity contribution in [3.8, 4) is 5.75 Å². The summed E-state index contributed by atoms with van der Waals surface area (Å²) in [4.78, 5) is 28.5. The fraction of sp³-hybridized carbons (Fsp3) is 0.333. The fourth-order valence-corrected chi connectivity index (χ4v) is 4.02. The van der Waals surface area contributed by atoms with Crippen LogP contribution >= 0.6 is 0 Å². The van der Waals surface area contributed by atoms with Gasteiger partial charge in [0.1, 0.15) is 11.3 Å². The monoisotopic (exact) mass is 407 g/mol. The van der Waals surface area contributed by atoms with Gasteiger partial charge in [-0.15, -0.1) is 0 Å². The summed E-state index contributed by atoms with van der Waals surface area (Å²) in [5.74, 6) is 0.582. The molecule has 0 bridgehead atoms. The van der Waals surface area contributed by atoms with E-state index >= 15 is 0 Å². The van der Waals surface area contributed by atoms with E-state index in [-0.39, 0.29) is 17.1 Å². The van der Waals surface area contributed by atoms with E-state index in [2.05, 4.69) is 0 Å². The average Bonchev–Trinajstić information content (AvgIpc) is 3.02. The predicted molar refractivity (Wildman–Crippen MR) is 114 cm³/mol. The molecule has 0 spiro atoms. The zero-order chi connectivity index (χ0) is 21.4. The molecule has 0 aliphatic carbocycles. The zero-order valence-electron chi connectivity index (χ0n) is 17.7. The number of benzene rings is 2. The Morgan fingerprint density at radius 1 is 1.03 bits per heavy atom. The lowest BCUT2D eigenvalue weighted by atomic mass is 9.97. The number of hydrogen-bond donors (Lipinski definition) is 0. The van der Waals surface area contributed by atoms with Crippen molar-refractivity contribution in [1.29, 1.82) is 0 Å². The van der Waals surface area contributed by atoms with Crippen molar-refractivity contribution < 1.29 is 18.7 Å². The Hall–Kier alpha value is -3.12. The van der Waals surface area contributed by atoms with Gasteiger partial charge in [-0.25, -0.2) is 0 Å². The van der Waals surface area contributed by atoms with Gasteiger partial charge >= 0.3 is 0 Å². The number of carbonyl (C=O) groups excluding carboxylic acids is 1. The van der Waals surface area contributed by atoms with Gasteiger partial charge in [0.05, 0.1) is 24.1 Å². The molecule has 1 unspecified atom stereocenters. The lowest BCUT2D eigenvalue weighted by molar-refractivity contribution is 0.0708. The maximum Gasteiger partial charge on any atom is 0.290 e. The molecule has 6 heteroatoms. The highest BCUT2D eigenvalue weighted by Gasteiger charge is 2.42. The third-order valence-electron chi connectivity index (χ3n) is 5.76. The lowest BCUT2D eigenvalue weighted by Crippen LogP contribution is -2.31. The van der Waals surface area contributed by atoms with Crippen LogP contribution in [0.25, 0.3) is 11.0 Å². The first-order valence-electron chi connectivity index (χ1n) is 9.98. The summed E-state index contributed by atoms with van der Waals surface area (Å²) >= 11 is 0. The summed E-state index contributed by atoms with van der Waals surface area (Å²) in [7, 11) is 3.23. The minimum Gasteiger partial charge on any atom is -0.497 e. The molecule has 2 heterocycles. The van der Waals surface area contributed by atoms with E-state index in [4.69, 9.17) is 13.9 Å². The maximum absolute atomic E-state index is 13.5. The van der Waals surface area contributed by atoms with E-state index in [1.165, 1.54) is 0 Å². The molecule has 0 saturated carbocycles. The Morgan fingerprint density at radius 3 is 2.40 bits per heavy atom. The van der Waals surface area contributed by atoms with E-state index in [0.717, 1.165) is 16.7 Å². The second-order valence-corrected chi connectivity index (χ2v) is 7.63. The fourth-order valence-electron chi connectivity index (χ4n) is 4.02. The molecule has 0 N–H and O–H groups in total. The van der Waals surface area contributed by atoms with E-state index < -0.39 is 6.04 Å². The van der Waals surface area contributed by atoms with Crippen molar-refractivity contribution in [2.45, 2.75) is 26.3 Å². The number of carbonyl (C=O) groups is 1. The molecular weight excluding hydrogens is 382 g/mol. The van der Waals surface area contributed by atoms with Crippen LogP contribution in [0.4, 0.5) is 0 Å². The Morgan fingerprint density at radius 2 is 1.73 bits per heavy atom. The Kier molecular flexibility index (Phi) is 5.35. The van der Waals surface area contributed by atoms with Crippen LogP contribution in [0.15, 0.2) is 45.6 Å². The number of rotatable bonds is 6. The van der Waals surface area contributed by atoms with Crippen LogP contribution in [0.2, 0.25) is 0 Å². The number of methoxy groups -OCH3 is 2. The van der Waals surface area contributed by atoms with Crippen molar-refractivity contribution in [3.05, 3.63) is 74.6 Å². The molecule has 3 aromatic rings. The van der Waals surface area contributed by atoms with Crippen molar-refractivity contribution in [2.75, 3.05) is 27.4 Å². The minimum atomic E-state index is -0.502. The third-order valence-corrected chi connectivity index (χ3v) is 5.76. The molecule has 1 aromatic heterocycles. The van der Waals surface area contributed by atoms with Gasteiger partial charge < -0.3 is 18.8 Å². The van der Waals surface area contributed by atoms with Crippen LogP contribution in [0.1, 0.15) is 45.3 Å². The highest BCUT2D eigenvalue weighted by Crippen LogP contribution is 2.38. The quantitative estimate of drug-likeness (QED) is 0.578. The molecule has 1 atom stereocenters. The van der Waals surface area contributed by atoms with Crippen LogP contribution in [-0.2, 0) is 4.74 Å². The summed E-state index contributed by atoms with van der Waals surface area (Å²) in [5.41, 5.74) is 3.56. The average molecular weight is 407 g/mol. The molecule has 1 aliphatic heterocycles. The molecule has 2 aromatic carbocycles. The van der Waals surface area contributed by atoms with Crippen molar-refractivity contribution in [2.24, 2.45) is 0 Å². The van der Waals surface area contributed by atoms with Crippen molar-refractivity contribution in [1.82, 2.24) is 4.90 Å². The molecule has 0 saturated heterocycles. The minimum absolute atomic E-state index is 0.133. The van der Waals surface area contributed by atoms with Crippen LogP contribution < -0.4 is 10.2 Å². The van der Waals surface area contributed by atoms with Gasteiger partial charge in [0.15, 0.2) is 5.43 Å². The van der Waals surface area contributed by atoms with Crippen LogP contribution in [0, 0.1) is 13.8 Å². The molecule has 0 fully saturated rings. The second-order valence-electron chi connectivity index (χ2n) is 7.63. The normalized spacial score (nSPS) is 15.7. The van der Waals surface area contributed by atoms with Crippen molar-refractivity contribution >= 4 is 16.9 Å². The van der Waals surface area contributed by atoms with E-state index in [9.17, 15) is 9.59 Å². The molecule has 0 radical (unpaired) electrons. The number of amides is 1. The number of ether oxygens (including phenoxy) is 2. The number of hydrogen-bond acceptors (Lipinski definition) is 5. The van der Waals surface area contributed by atoms with Gasteiger partial charge in [0.2, 0.25) is 5.76 Å². The second kappa shape index (κ2) is 7.95. The van der Waals surface area contributed by atoms with Gasteiger partial charge in [-0.1, -0.05) is 12.1 Å².